The van der Waals surface area contributed by atoms with Crippen molar-refractivity contribution in [3.05, 3.63) is 12.7 Å². The van der Waals surface area contributed by atoms with Gasteiger partial charge in [-0.2, -0.15) is 0 Å². The topological polar surface area (TPSA) is 93.1 Å². The molecule has 0 aromatic carbocycles. The number of carbonyl (C=O) groups excluding carboxylic acids is 1. The first kappa shape index (κ1) is 18.3. The SMILES string of the molecule is C=CC(=O)OCCCCOP(=O)(O)O.[KH]. The Morgan fingerprint density at radius 2 is 1.87 bits per heavy atom. The van der Waals surface area contributed by atoms with Crippen LogP contribution in [0.3, 0.4) is 0 Å². The molecular formula is C7H14KO6P. The van der Waals surface area contributed by atoms with E-state index in [1.165, 1.54) is 0 Å². The Balaban J connectivity index is 0. The summed E-state index contributed by atoms with van der Waals surface area (Å²) in [6.07, 6.45) is 1.95. The normalized spacial score (nSPS) is 10.3. The van der Waals surface area contributed by atoms with Gasteiger partial charge in [0.05, 0.1) is 13.2 Å². The number of ether oxygens (including phenoxy) is 1. The summed E-state index contributed by atoms with van der Waals surface area (Å²) in [7, 11) is -4.36. The van der Waals surface area contributed by atoms with E-state index in [4.69, 9.17) is 9.79 Å². The van der Waals surface area contributed by atoms with Crippen molar-refractivity contribution in [2.75, 3.05) is 13.2 Å². The Kier molecular flexibility index (Phi) is 12.4. The first-order chi connectivity index (χ1) is 6.45. The molecule has 0 unspecified atom stereocenters. The van der Waals surface area contributed by atoms with Crippen molar-refractivity contribution in [1.29, 1.82) is 0 Å². The molecule has 0 amide bonds. The van der Waals surface area contributed by atoms with Crippen molar-refractivity contribution < 1.29 is 28.4 Å². The molecule has 0 heterocycles. The number of rotatable bonds is 7. The number of esters is 1. The second-order valence-electron chi connectivity index (χ2n) is 2.40. The van der Waals surface area contributed by atoms with Gasteiger partial charge in [0.25, 0.3) is 0 Å². The van der Waals surface area contributed by atoms with Crippen molar-refractivity contribution in [2.45, 2.75) is 12.8 Å². The van der Waals surface area contributed by atoms with Gasteiger partial charge in [-0.15, -0.1) is 0 Å². The molecule has 0 aliphatic heterocycles. The van der Waals surface area contributed by atoms with Crippen molar-refractivity contribution in [1.82, 2.24) is 0 Å². The number of carbonyl (C=O) groups is 1. The third kappa shape index (κ3) is 15.0. The van der Waals surface area contributed by atoms with Gasteiger partial charge in [0.15, 0.2) is 0 Å². The molecule has 0 atom stereocenters. The second kappa shape index (κ2) is 10.1. The van der Waals surface area contributed by atoms with E-state index in [1.807, 2.05) is 0 Å². The fourth-order valence-electron chi connectivity index (χ4n) is 0.619. The first-order valence-electron chi connectivity index (χ1n) is 3.95. The third-order valence-electron chi connectivity index (χ3n) is 1.21. The predicted molar refractivity (Wildman–Crippen MR) is 55.5 cm³/mol. The summed E-state index contributed by atoms with van der Waals surface area (Å²) in [5.74, 6) is -0.513. The Bertz CT molecular complexity index is 238. The third-order valence-corrected chi connectivity index (χ3v) is 1.73. The second-order valence-corrected chi connectivity index (χ2v) is 3.64. The molecule has 0 saturated heterocycles. The Labute approximate surface area is 131 Å². The molecule has 0 aromatic rings. The van der Waals surface area contributed by atoms with E-state index in [0.717, 1.165) is 6.08 Å². The van der Waals surface area contributed by atoms with E-state index in [1.54, 1.807) is 0 Å². The number of unbranched alkanes of at least 4 members (excludes halogenated alkanes) is 1. The zero-order chi connectivity index (χ0) is 11.0. The van der Waals surface area contributed by atoms with Crippen molar-refractivity contribution in [2.24, 2.45) is 0 Å². The molecule has 0 spiro atoms. The van der Waals surface area contributed by atoms with Crippen LogP contribution >= 0.6 is 7.82 Å². The average Bonchev–Trinajstić information content (AvgIpc) is 2.08. The average molecular weight is 264 g/mol. The molecule has 0 aliphatic carbocycles. The van der Waals surface area contributed by atoms with E-state index < -0.39 is 13.8 Å². The minimum absolute atomic E-state index is 0. The summed E-state index contributed by atoms with van der Waals surface area (Å²) < 4.78 is 19.0. The van der Waals surface area contributed by atoms with E-state index in [-0.39, 0.29) is 64.6 Å². The number of phosphoric ester groups is 1. The van der Waals surface area contributed by atoms with Gasteiger partial charge in [0.1, 0.15) is 0 Å². The van der Waals surface area contributed by atoms with E-state index in [0.29, 0.717) is 12.8 Å². The van der Waals surface area contributed by atoms with Crippen molar-refractivity contribution >= 4 is 65.2 Å². The molecule has 0 radical (unpaired) electrons. The van der Waals surface area contributed by atoms with Crippen LogP contribution in [0.4, 0.5) is 0 Å². The van der Waals surface area contributed by atoms with Crippen LogP contribution in [0.5, 0.6) is 0 Å². The molecule has 2 N–H and O–H groups in total. The van der Waals surface area contributed by atoms with Crippen LogP contribution in [0.1, 0.15) is 12.8 Å². The van der Waals surface area contributed by atoms with E-state index in [9.17, 15) is 9.36 Å². The molecule has 15 heavy (non-hydrogen) atoms. The fourth-order valence-corrected chi connectivity index (χ4v) is 0.986. The van der Waals surface area contributed by atoms with Crippen LogP contribution in [0.25, 0.3) is 0 Å². The molecule has 8 heteroatoms. The van der Waals surface area contributed by atoms with Crippen LogP contribution in [-0.4, -0.2) is 80.4 Å². The van der Waals surface area contributed by atoms with Crippen molar-refractivity contribution in [3.63, 3.8) is 0 Å². The van der Waals surface area contributed by atoms with Gasteiger partial charge in [-0.1, -0.05) is 6.58 Å². The zero-order valence-corrected chi connectivity index (χ0v) is 8.48. The molecule has 0 bridgehead atoms. The molecule has 0 aromatic heterocycles. The maximum atomic E-state index is 10.5. The summed E-state index contributed by atoms with van der Waals surface area (Å²) >= 11 is 0. The van der Waals surface area contributed by atoms with Gasteiger partial charge in [-0.3, -0.25) is 4.52 Å². The van der Waals surface area contributed by atoms with Gasteiger partial charge in [-0.05, 0) is 12.8 Å². The first-order valence-corrected chi connectivity index (χ1v) is 5.48. The quantitative estimate of drug-likeness (QED) is 0.220. The van der Waals surface area contributed by atoms with Gasteiger partial charge >= 0.3 is 65.2 Å². The number of phosphoric acid groups is 1. The van der Waals surface area contributed by atoms with Crippen LogP contribution in [0.15, 0.2) is 12.7 Å². The van der Waals surface area contributed by atoms with Gasteiger partial charge in [0, 0.05) is 6.08 Å². The molecule has 0 rings (SSSR count). The maximum absolute atomic E-state index is 10.5. The van der Waals surface area contributed by atoms with Crippen molar-refractivity contribution in [3.8, 4) is 0 Å². The van der Waals surface area contributed by atoms with Gasteiger partial charge in [-0.25, -0.2) is 9.36 Å². The molecule has 84 valence electrons. The van der Waals surface area contributed by atoms with Crippen LogP contribution in [0, 0.1) is 0 Å². The Morgan fingerprint density at radius 1 is 1.33 bits per heavy atom. The van der Waals surface area contributed by atoms with Gasteiger partial charge in [0.2, 0.25) is 0 Å². The number of hydrogen-bond donors (Lipinski definition) is 2. The van der Waals surface area contributed by atoms with E-state index >= 15 is 0 Å². The molecule has 0 saturated carbocycles. The Morgan fingerprint density at radius 3 is 2.33 bits per heavy atom. The predicted octanol–water partition coefficient (Wildman–Crippen LogP) is -0.0434. The fraction of sp³-hybridized carbons (Fsp3) is 0.571. The summed E-state index contributed by atoms with van der Waals surface area (Å²) in [4.78, 5) is 27.1. The standard InChI is InChI=1S/C7H13O6P.K.H/c1-2-7(8)12-5-3-4-6-13-14(9,10)11;;/h2H,1,3-6H2,(H2,9,10,11);;. The molecule has 6 nitrogen and oxygen atoms in total. The minimum atomic E-state index is -4.36. The molecular weight excluding hydrogens is 250 g/mol. The zero-order valence-electron chi connectivity index (χ0n) is 7.59. The molecule has 0 aliphatic rings. The van der Waals surface area contributed by atoms with Gasteiger partial charge < -0.3 is 14.5 Å². The summed E-state index contributed by atoms with van der Waals surface area (Å²) in [6.45, 7) is 3.34. The van der Waals surface area contributed by atoms with Crippen LogP contribution in [-0.2, 0) is 18.6 Å². The monoisotopic (exact) mass is 264 g/mol. The summed E-state index contributed by atoms with van der Waals surface area (Å²) in [5, 5.41) is 0. The molecule has 0 fully saturated rings. The summed E-state index contributed by atoms with van der Waals surface area (Å²) in [5.41, 5.74) is 0. The Hall–Kier alpha value is 0.956. The van der Waals surface area contributed by atoms with E-state index in [2.05, 4.69) is 15.8 Å². The van der Waals surface area contributed by atoms with Crippen LogP contribution in [0.2, 0.25) is 0 Å². The number of hydrogen-bond acceptors (Lipinski definition) is 4. The van der Waals surface area contributed by atoms with Crippen LogP contribution < -0.4 is 0 Å². The summed E-state index contributed by atoms with van der Waals surface area (Å²) in [6, 6.07) is 0.